The SMILES string of the molecule is CCc1c(C(=O)NN2CCCCC2O)nn(-c2ccc(Cl)cc2Cl)c1-c1ccc(Br)cc1. The van der Waals surface area contributed by atoms with Crippen LogP contribution in [0.2, 0.25) is 10.0 Å². The van der Waals surface area contributed by atoms with E-state index in [1.165, 1.54) is 0 Å². The Morgan fingerprint density at radius 2 is 1.97 bits per heavy atom. The fourth-order valence-electron chi connectivity index (χ4n) is 3.93. The maximum Gasteiger partial charge on any atom is 0.286 e. The highest BCUT2D eigenvalue weighted by Crippen LogP contribution is 2.34. The van der Waals surface area contributed by atoms with Crippen LogP contribution in [0.1, 0.15) is 42.2 Å². The van der Waals surface area contributed by atoms with Crippen LogP contribution in [-0.2, 0) is 6.42 Å². The third-order valence-electron chi connectivity index (χ3n) is 5.52. The largest absolute Gasteiger partial charge is 0.377 e. The van der Waals surface area contributed by atoms with Crippen LogP contribution in [0.15, 0.2) is 46.9 Å². The fraction of sp³-hybridized carbons (Fsp3) is 0.304. The number of hydrazine groups is 1. The van der Waals surface area contributed by atoms with Crippen molar-refractivity contribution in [1.29, 1.82) is 0 Å². The van der Waals surface area contributed by atoms with Gasteiger partial charge < -0.3 is 5.11 Å². The number of halogens is 3. The first-order valence-corrected chi connectivity index (χ1v) is 12.0. The number of nitrogens with one attached hydrogen (secondary N) is 1. The van der Waals surface area contributed by atoms with Crippen molar-refractivity contribution in [2.24, 2.45) is 0 Å². The molecule has 0 bridgehead atoms. The minimum Gasteiger partial charge on any atom is -0.377 e. The van der Waals surface area contributed by atoms with Crippen molar-refractivity contribution in [2.45, 2.75) is 38.8 Å². The summed E-state index contributed by atoms with van der Waals surface area (Å²) < 4.78 is 2.65. The number of aliphatic hydroxyl groups is 1. The van der Waals surface area contributed by atoms with Crippen LogP contribution in [0.4, 0.5) is 0 Å². The number of piperidine rings is 1. The molecule has 3 aromatic rings. The maximum absolute atomic E-state index is 13.3. The quantitative estimate of drug-likeness (QED) is 0.443. The first-order valence-electron chi connectivity index (χ1n) is 10.5. The number of benzene rings is 2. The molecule has 0 radical (unpaired) electrons. The Bertz CT molecular complexity index is 1130. The van der Waals surface area contributed by atoms with Crippen LogP contribution in [0, 0.1) is 0 Å². The van der Waals surface area contributed by atoms with Gasteiger partial charge in [-0.3, -0.25) is 10.2 Å². The number of aromatic nitrogens is 2. The van der Waals surface area contributed by atoms with Crippen molar-refractivity contribution in [3.8, 4) is 16.9 Å². The summed E-state index contributed by atoms with van der Waals surface area (Å²) in [6.45, 7) is 2.58. The highest BCUT2D eigenvalue weighted by Gasteiger charge is 2.28. The van der Waals surface area contributed by atoms with Gasteiger partial charge in [0.1, 0.15) is 6.23 Å². The summed E-state index contributed by atoms with van der Waals surface area (Å²) in [5.74, 6) is -0.356. The lowest BCUT2D eigenvalue weighted by atomic mass is 10.0. The zero-order valence-corrected chi connectivity index (χ0v) is 20.6. The van der Waals surface area contributed by atoms with Gasteiger partial charge in [-0.25, -0.2) is 4.68 Å². The van der Waals surface area contributed by atoms with E-state index in [1.54, 1.807) is 27.9 Å². The van der Waals surface area contributed by atoms with Gasteiger partial charge in [-0.05, 0) is 56.0 Å². The summed E-state index contributed by atoms with van der Waals surface area (Å²) in [6, 6.07) is 13.0. The van der Waals surface area contributed by atoms with Gasteiger partial charge in [0.05, 0.1) is 16.4 Å². The number of hydrogen-bond donors (Lipinski definition) is 2. The van der Waals surface area contributed by atoms with Gasteiger partial charge in [-0.2, -0.15) is 10.1 Å². The smallest absolute Gasteiger partial charge is 0.286 e. The molecule has 1 aromatic heterocycles. The topological polar surface area (TPSA) is 70.4 Å². The molecule has 1 atom stereocenters. The third-order valence-corrected chi connectivity index (χ3v) is 6.59. The molecule has 6 nitrogen and oxygen atoms in total. The normalized spacial score (nSPS) is 16.8. The molecule has 1 amide bonds. The molecular formula is C23H23BrCl2N4O2. The fourth-order valence-corrected chi connectivity index (χ4v) is 4.68. The molecule has 2 heterocycles. The summed E-state index contributed by atoms with van der Waals surface area (Å²) in [7, 11) is 0. The molecule has 1 aliphatic heterocycles. The van der Waals surface area contributed by atoms with E-state index in [0.717, 1.165) is 34.1 Å². The van der Waals surface area contributed by atoms with Crippen LogP contribution in [0.25, 0.3) is 16.9 Å². The Labute approximate surface area is 205 Å². The Morgan fingerprint density at radius 3 is 2.62 bits per heavy atom. The summed E-state index contributed by atoms with van der Waals surface area (Å²) in [4.78, 5) is 13.3. The predicted octanol–water partition coefficient (Wildman–Crippen LogP) is 5.62. The van der Waals surface area contributed by atoms with Crippen LogP contribution >= 0.6 is 39.1 Å². The second-order valence-electron chi connectivity index (χ2n) is 7.65. The van der Waals surface area contributed by atoms with Gasteiger partial charge in [-0.15, -0.1) is 0 Å². The monoisotopic (exact) mass is 536 g/mol. The van der Waals surface area contributed by atoms with Crippen molar-refractivity contribution in [2.75, 3.05) is 6.54 Å². The second-order valence-corrected chi connectivity index (χ2v) is 9.41. The van der Waals surface area contributed by atoms with E-state index in [-0.39, 0.29) is 5.91 Å². The predicted molar refractivity (Wildman–Crippen MR) is 130 cm³/mol. The van der Waals surface area contributed by atoms with E-state index >= 15 is 0 Å². The van der Waals surface area contributed by atoms with Crippen molar-refractivity contribution < 1.29 is 9.90 Å². The molecule has 1 fully saturated rings. The molecular weight excluding hydrogens is 515 g/mol. The molecule has 0 saturated carbocycles. The Kier molecular flexibility index (Phi) is 7.22. The van der Waals surface area contributed by atoms with E-state index in [0.29, 0.717) is 40.8 Å². The van der Waals surface area contributed by atoms with Gasteiger partial charge >= 0.3 is 0 Å². The molecule has 2 aromatic carbocycles. The van der Waals surface area contributed by atoms with Crippen molar-refractivity contribution in [1.82, 2.24) is 20.2 Å². The van der Waals surface area contributed by atoms with Crippen molar-refractivity contribution >= 4 is 45.0 Å². The average Bonchev–Trinajstić information content (AvgIpc) is 3.15. The van der Waals surface area contributed by atoms with Crippen molar-refractivity contribution in [3.63, 3.8) is 0 Å². The summed E-state index contributed by atoms with van der Waals surface area (Å²) >= 11 is 16.1. The molecule has 9 heteroatoms. The molecule has 168 valence electrons. The third kappa shape index (κ3) is 4.72. The lowest BCUT2D eigenvalue weighted by Gasteiger charge is -2.31. The van der Waals surface area contributed by atoms with Gasteiger partial charge in [0.2, 0.25) is 0 Å². The second kappa shape index (κ2) is 9.93. The molecule has 4 rings (SSSR count). The van der Waals surface area contributed by atoms with Crippen LogP contribution in [0.3, 0.4) is 0 Å². The number of aliphatic hydroxyl groups excluding tert-OH is 1. The van der Waals surface area contributed by atoms with Crippen LogP contribution in [0.5, 0.6) is 0 Å². The number of rotatable bonds is 5. The van der Waals surface area contributed by atoms with E-state index in [9.17, 15) is 9.90 Å². The Hall–Kier alpha value is -1.90. The summed E-state index contributed by atoms with van der Waals surface area (Å²) in [5, 5.41) is 17.5. The highest BCUT2D eigenvalue weighted by atomic mass is 79.9. The number of nitrogens with zero attached hydrogens (tertiary/aromatic N) is 3. The molecule has 0 aliphatic carbocycles. The van der Waals surface area contributed by atoms with E-state index in [4.69, 9.17) is 23.2 Å². The van der Waals surface area contributed by atoms with Gasteiger partial charge in [0.15, 0.2) is 5.69 Å². The lowest BCUT2D eigenvalue weighted by Crippen LogP contribution is -2.51. The lowest BCUT2D eigenvalue weighted by molar-refractivity contribution is -0.0506. The number of carbonyl (C=O) groups is 1. The molecule has 1 unspecified atom stereocenters. The highest BCUT2D eigenvalue weighted by molar-refractivity contribution is 9.10. The molecule has 32 heavy (non-hydrogen) atoms. The molecule has 0 spiro atoms. The van der Waals surface area contributed by atoms with Gasteiger partial charge in [0.25, 0.3) is 5.91 Å². The van der Waals surface area contributed by atoms with Gasteiger partial charge in [-0.1, -0.05) is 58.2 Å². The van der Waals surface area contributed by atoms with Gasteiger partial charge in [0, 0.05) is 27.2 Å². The Morgan fingerprint density at radius 1 is 1.22 bits per heavy atom. The summed E-state index contributed by atoms with van der Waals surface area (Å²) in [6.07, 6.45) is 2.36. The molecule has 1 aliphatic rings. The number of amides is 1. The van der Waals surface area contributed by atoms with E-state index in [2.05, 4.69) is 26.5 Å². The van der Waals surface area contributed by atoms with E-state index < -0.39 is 6.23 Å². The number of carbonyl (C=O) groups excluding carboxylic acids is 1. The minimum atomic E-state index is -0.698. The summed E-state index contributed by atoms with van der Waals surface area (Å²) in [5.41, 5.74) is 6.25. The first-order chi connectivity index (χ1) is 15.4. The first kappa shape index (κ1) is 23.3. The van der Waals surface area contributed by atoms with E-state index in [1.807, 2.05) is 31.2 Å². The standard InChI is InChI=1S/C23H23BrCl2N4O2/c1-2-17-21(23(32)28-29-12-4-3-5-20(29)31)27-30(19-11-10-16(25)13-18(19)26)22(17)14-6-8-15(24)9-7-14/h6-11,13,20,31H,2-5,12H2,1H3,(H,28,32). The maximum atomic E-state index is 13.3. The molecule has 2 N–H and O–H groups in total. The molecule has 1 saturated heterocycles. The van der Waals surface area contributed by atoms with Crippen LogP contribution < -0.4 is 5.43 Å². The van der Waals surface area contributed by atoms with Crippen molar-refractivity contribution in [3.05, 3.63) is 68.2 Å². The minimum absolute atomic E-state index is 0.300. The average molecular weight is 538 g/mol. The Balaban J connectivity index is 1.84. The number of hydrogen-bond acceptors (Lipinski definition) is 4. The zero-order valence-electron chi connectivity index (χ0n) is 17.5. The van der Waals surface area contributed by atoms with Crippen LogP contribution in [-0.4, -0.2) is 38.6 Å². The zero-order chi connectivity index (χ0) is 22.8.